The van der Waals surface area contributed by atoms with Crippen LogP contribution in [-0.4, -0.2) is 103 Å². The summed E-state index contributed by atoms with van der Waals surface area (Å²) in [5, 5.41) is 6.11. The van der Waals surface area contributed by atoms with E-state index in [1.54, 1.807) is 45.0 Å². The fourth-order valence-corrected chi connectivity index (χ4v) is 10.2. The van der Waals surface area contributed by atoms with Gasteiger partial charge in [0.2, 0.25) is 21.8 Å². The minimum Gasteiger partial charge on any atom is -0.497 e. The van der Waals surface area contributed by atoms with Crippen LogP contribution >= 0.6 is 0 Å². The molecule has 2 aromatic rings. The zero-order valence-corrected chi connectivity index (χ0v) is 34.8. The van der Waals surface area contributed by atoms with Crippen LogP contribution in [0.1, 0.15) is 103 Å². The number of aryl methyl sites for hydroxylation is 1. The number of allylic oxidation sites excluding steroid dienone is 1. The van der Waals surface area contributed by atoms with Crippen molar-refractivity contribution in [3.05, 3.63) is 41.6 Å². The third-order valence-corrected chi connectivity index (χ3v) is 14.2. The van der Waals surface area contributed by atoms with Crippen molar-refractivity contribution >= 4 is 44.7 Å². The number of nitrogens with zero attached hydrogens (tertiary/aromatic N) is 2. The Morgan fingerprint density at radius 2 is 1.86 bits per heavy atom. The Balaban J connectivity index is 1.25. The van der Waals surface area contributed by atoms with Crippen LogP contribution in [0.5, 0.6) is 11.5 Å². The van der Waals surface area contributed by atoms with Crippen molar-refractivity contribution in [1.29, 1.82) is 0 Å². The van der Waals surface area contributed by atoms with Gasteiger partial charge in [0.25, 0.3) is 12.3 Å². The first kappa shape index (κ1) is 42.5. The molecule has 322 valence electrons. The number of halogens is 2. The van der Waals surface area contributed by atoms with Crippen LogP contribution in [0.4, 0.5) is 13.6 Å². The molecule has 18 heteroatoms. The Kier molecular flexibility index (Phi) is 11.4. The van der Waals surface area contributed by atoms with E-state index in [4.69, 9.17) is 18.9 Å². The molecule has 1 aromatic carbocycles. The summed E-state index contributed by atoms with van der Waals surface area (Å²) in [6.07, 6.45) is 3.65. The minimum absolute atomic E-state index is 0.104. The lowest BCUT2D eigenvalue weighted by atomic mass is 9.87. The molecule has 4 heterocycles. The van der Waals surface area contributed by atoms with E-state index in [0.29, 0.717) is 54.3 Å². The molecule has 1 spiro atoms. The van der Waals surface area contributed by atoms with Gasteiger partial charge < -0.3 is 34.5 Å². The first-order valence-corrected chi connectivity index (χ1v) is 21.7. The van der Waals surface area contributed by atoms with E-state index < -0.39 is 85.4 Å². The molecule has 1 saturated heterocycles. The fourth-order valence-electron chi connectivity index (χ4n) is 8.69. The summed E-state index contributed by atoms with van der Waals surface area (Å²) in [7, 11) is -1.34. The van der Waals surface area contributed by atoms with Crippen molar-refractivity contribution in [3.63, 3.8) is 0 Å². The van der Waals surface area contributed by atoms with Crippen LogP contribution in [0.15, 0.2) is 30.4 Å². The molecule has 59 heavy (non-hydrogen) atoms. The molecule has 5 aliphatic rings. The number of ether oxygens (including phenoxy) is 4. The van der Waals surface area contributed by atoms with Gasteiger partial charge in [0.1, 0.15) is 45.0 Å². The Morgan fingerprint density at radius 1 is 1.10 bits per heavy atom. The number of amides is 4. The van der Waals surface area contributed by atoms with Gasteiger partial charge >= 0.3 is 6.09 Å². The second-order valence-corrected chi connectivity index (χ2v) is 19.6. The van der Waals surface area contributed by atoms with Crippen LogP contribution in [0.3, 0.4) is 0 Å². The van der Waals surface area contributed by atoms with Gasteiger partial charge in [0.05, 0.1) is 25.8 Å². The number of hydrogen-bond acceptors (Lipinski definition) is 11. The second kappa shape index (κ2) is 15.8. The molecule has 7 rings (SSSR count). The Morgan fingerprint density at radius 3 is 2.54 bits per heavy atom. The molecular formula is C41H53F2N5O10S. The summed E-state index contributed by atoms with van der Waals surface area (Å²) in [5.41, 5.74) is -3.65. The average molecular weight is 846 g/mol. The standard InChI is InChI=1S/C41H53F2N5O10S/c1-38(2,3)58-37(52)45-29-12-10-8-6-7-9-11-24-20-41(24,36(51)47-59(53,54)40(17-18-40)23-55-4)46-34(49)30-21-39(22-48(30)35(29)50)16-15-26-27-19-25(56-5)13-14-28(27)44-31(33(42)43)32(26)57-39/h9,11,13-14,19,24,29-30,33H,6-8,10,12,15-18,20-23H2,1-5H3,(H,45,52)(H,46,49)(H,47,51). The number of carbonyl (C=O) groups is 4. The van der Waals surface area contributed by atoms with Gasteiger partial charge in [-0.25, -0.2) is 27.0 Å². The van der Waals surface area contributed by atoms with Crippen LogP contribution in [0.2, 0.25) is 0 Å². The fraction of sp³-hybridized carbons (Fsp3) is 0.634. The molecule has 3 fully saturated rings. The predicted octanol–water partition coefficient (Wildman–Crippen LogP) is 4.76. The van der Waals surface area contributed by atoms with E-state index in [1.165, 1.54) is 19.1 Å². The zero-order chi connectivity index (χ0) is 42.5. The number of alkyl carbamates (subject to hydrolysis) is 1. The summed E-state index contributed by atoms with van der Waals surface area (Å²) in [5.74, 6) is -2.46. The van der Waals surface area contributed by atoms with Gasteiger partial charge in [-0.15, -0.1) is 0 Å². The largest absolute Gasteiger partial charge is 0.497 e. The van der Waals surface area contributed by atoms with Crippen LogP contribution in [0.25, 0.3) is 10.9 Å². The van der Waals surface area contributed by atoms with Crippen molar-refractivity contribution in [1.82, 2.24) is 25.2 Å². The molecule has 4 amide bonds. The van der Waals surface area contributed by atoms with Gasteiger partial charge in [-0.3, -0.25) is 19.1 Å². The van der Waals surface area contributed by atoms with Crippen LogP contribution in [0, 0.1) is 5.92 Å². The highest BCUT2D eigenvalue weighted by Gasteiger charge is 2.64. The van der Waals surface area contributed by atoms with Gasteiger partial charge in [-0.05, 0) is 90.3 Å². The van der Waals surface area contributed by atoms with Crippen LogP contribution < -0.4 is 24.8 Å². The highest BCUT2D eigenvalue weighted by Crippen LogP contribution is 2.50. The van der Waals surface area contributed by atoms with E-state index in [-0.39, 0.29) is 51.0 Å². The number of fused-ring (bicyclic) bond motifs is 5. The number of pyridine rings is 1. The third-order valence-electron chi connectivity index (χ3n) is 12.1. The molecule has 15 nitrogen and oxygen atoms in total. The SMILES string of the molecule is COCC1(S(=O)(=O)NC(=O)C23CC2C=CCCCCCC(NC(=O)OC(C)(C)C)C(=O)N2CC4(CCc5c(c(C(F)F)nc6ccc(OC)cc56)O4)CC2C(=O)N3)CC1. The maximum atomic E-state index is 14.8. The normalized spacial score (nSPS) is 28.0. The molecule has 3 N–H and O–H groups in total. The number of hydrogen-bond donors (Lipinski definition) is 3. The Labute approximate surface area is 342 Å². The number of alkyl halides is 2. The minimum atomic E-state index is -4.21. The number of benzene rings is 1. The molecule has 1 aromatic heterocycles. The first-order valence-electron chi connectivity index (χ1n) is 20.2. The highest BCUT2D eigenvalue weighted by molar-refractivity contribution is 7.91. The van der Waals surface area contributed by atoms with Crippen molar-refractivity contribution in [2.75, 3.05) is 27.4 Å². The molecule has 2 saturated carbocycles. The van der Waals surface area contributed by atoms with E-state index in [9.17, 15) is 36.4 Å². The zero-order valence-electron chi connectivity index (χ0n) is 34.0. The number of rotatable bonds is 8. The van der Waals surface area contributed by atoms with Gasteiger partial charge in [0.15, 0.2) is 5.75 Å². The molecule has 2 aliphatic carbocycles. The molecule has 0 bridgehead atoms. The number of sulfonamides is 1. The second-order valence-electron chi connectivity index (χ2n) is 17.5. The first-order chi connectivity index (χ1) is 27.9. The summed E-state index contributed by atoms with van der Waals surface area (Å²) in [6.45, 7) is 4.74. The van der Waals surface area contributed by atoms with Crippen molar-refractivity contribution in [2.24, 2.45) is 5.92 Å². The maximum absolute atomic E-state index is 14.8. The highest BCUT2D eigenvalue weighted by atomic mass is 32.2. The topological polar surface area (TPSA) is 192 Å². The molecule has 0 radical (unpaired) electrons. The van der Waals surface area contributed by atoms with Crippen LogP contribution in [-0.2, 0) is 40.3 Å². The monoisotopic (exact) mass is 845 g/mol. The lowest BCUT2D eigenvalue weighted by Crippen LogP contribution is -2.59. The summed E-state index contributed by atoms with van der Waals surface area (Å²) in [6, 6.07) is 2.48. The van der Waals surface area contributed by atoms with E-state index in [1.807, 2.05) is 6.08 Å². The molecule has 5 atom stereocenters. The van der Waals surface area contributed by atoms with Gasteiger partial charge in [-0.2, -0.15) is 0 Å². The smallest absolute Gasteiger partial charge is 0.408 e. The van der Waals surface area contributed by atoms with Crippen molar-refractivity contribution < 1.29 is 55.3 Å². The lowest BCUT2D eigenvalue weighted by Gasteiger charge is -2.37. The van der Waals surface area contributed by atoms with E-state index in [0.717, 1.165) is 6.42 Å². The molecular weight excluding hydrogens is 793 g/mol. The number of aromatic nitrogens is 1. The van der Waals surface area contributed by atoms with Crippen molar-refractivity contribution in [2.45, 2.75) is 131 Å². The Hall–Kier alpha value is -4.58. The number of nitrogens with one attached hydrogen (secondary N) is 3. The van der Waals surface area contributed by atoms with E-state index >= 15 is 0 Å². The summed E-state index contributed by atoms with van der Waals surface area (Å²) >= 11 is 0. The van der Waals surface area contributed by atoms with Gasteiger partial charge in [-0.1, -0.05) is 25.0 Å². The maximum Gasteiger partial charge on any atom is 0.408 e. The lowest BCUT2D eigenvalue weighted by molar-refractivity contribution is -0.141. The quantitative estimate of drug-likeness (QED) is 0.311. The Bertz CT molecular complexity index is 2160. The molecule has 3 aliphatic heterocycles. The van der Waals surface area contributed by atoms with Gasteiger partial charge in [0, 0.05) is 30.4 Å². The average Bonchev–Trinajstić information content (AvgIpc) is 4.07. The number of carbonyl (C=O) groups excluding carboxylic acids is 4. The molecule has 5 unspecified atom stereocenters. The summed E-state index contributed by atoms with van der Waals surface area (Å²) < 4.78 is 80.1. The number of methoxy groups -OCH3 is 2. The predicted molar refractivity (Wildman–Crippen MR) is 210 cm³/mol. The van der Waals surface area contributed by atoms with E-state index in [2.05, 4.69) is 20.3 Å². The summed E-state index contributed by atoms with van der Waals surface area (Å²) in [4.78, 5) is 62.3. The third kappa shape index (κ3) is 8.43. The van der Waals surface area contributed by atoms with Crippen molar-refractivity contribution in [3.8, 4) is 11.5 Å².